The highest BCUT2D eigenvalue weighted by molar-refractivity contribution is 7.15. The summed E-state index contributed by atoms with van der Waals surface area (Å²) in [5.41, 5.74) is 17.0. The highest BCUT2D eigenvalue weighted by Gasteiger charge is 2.24. The summed E-state index contributed by atoms with van der Waals surface area (Å²) in [6, 6.07) is 0. The van der Waals surface area contributed by atoms with E-state index in [4.69, 9.17) is 11.5 Å². The fourth-order valence-electron chi connectivity index (χ4n) is 2.91. The van der Waals surface area contributed by atoms with Crippen LogP contribution in [0, 0.1) is 6.92 Å². The van der Waals surface area contributed by atoms with E-state index < -0.39 is 5.91 Å². The minimum atomic E-state index is -0.436. The Morgan fingerprint density at radius 3 is 2.55 bits per heavy atom. The third-order valence-electron chi connectivity index (χ3n) is 3.97. The number of carbonyl (C=O) groups is 1. The van der Waals surface area contributed by atoms with Gasteiger partial charge in [0.25, 0.3) is 5.91 Å². The van der Waals surface area contributed by atoms with Crippen molar-refractivity contribution in [1.82, 2.24) is 0 Å². The first-order valence-corrected chi connectivity index (χ1v) is 7.88. The highest BCUT2D eigenvalue weighted by atomic mass is 32.1. The molecule has 1 aliphatic rings. The number of amides is 1. The van der Waals surface area contributed by atoms with E-state index in [2.05, 4.69) is 13.5 Å². The zero-order valence-corrected chi connectivity index (χ0v) is 13.0. The SMILES string of the molecule is C=C(CC)C1=C(c2c(C)sc(C(N)=O)c2N)CCCC1. The molecular weight excluding hydrogens is 268 g/mol. The molecular formula is C16H22N2OS. The molecule has 1 aromatic heterocycles. The van der Waals surface area contributed by atoms with Crippen molar-refractivity contribution in [2.45, 2.75) is 46.0 Å². The summed E-state index contributed by atoms with van der Waals surface area (Å²) in [5.74, 6) is -0.436. The molecule has 0 aliphatic heterocycles. The molecule has 0 saturated heterocycles. The summed E-state index contributed by atoms with van der Waals surface area (Å²) in [4.78, 5) is 13.0. The van der Waals surface area contributed by atoms with Gasteiger partial charge in [-0.25, -0.2) is 0 Å². The summed E-state index contributed by atoms with van der Waals surface area (Å²) >= 11 is 1.40. The van der Waals surface area contributed by atoms with Gasteiger partial charge in [-0.3, -0.25) is 4.79 Å². The van der Waals surface area contributed by atoms with Crippen molar-refractivity contribution in [3.8, 4) is 0 Å². The molecule has 1 aliphatic carbocycles. The van der Waals surface area contributed by atoms with Crippen LogP contribution in [-0.4, -0.2) is 5.91 Å². The van der Waals surface area contributed by atoms with Crippen molar-refractivity contribution >= 4 is 28.5 Å². The summed E-state index contributed by atoms with van der Waals surface area (Å²) in [7, 11) is 0. The van der Waals surface area contributed by atoms with Crippen LogP contribution in [0.5, 0.6) is 0 Å². The molecule has 108 valence electrons. The Bertz CT molecular complexity index is 596. The number of nitrogen functional groups attached to an aromatic ring is 1. The molecule has 0 saturated carbocycles. The number of thiophene rings is 1. The molecule has 0 atom stereocenters. The Labute approximate surface area is 124 Å². The van der Waals surface area contributed by atoms with Crippen LogP contribution in [0.4, 0.5) is 5.69 Å². The predicted octanol–water partition coefficient (Wildman–Crippen LogP) is 4.03. The van der Waals surface area contributed by atoms with Crippen molar-refractivity contribution in [2.24, 2.45) is 5.73 Å². The maximum atomic E-state index is 11.5. The molecule has 1 amide bonds. The number of anilines is 1. The number of rotatable bonds is 4. The van der Waals surface area contributed by atoms with E-state index in [1.807, 2.05) is 6.92 Å². The van der Waals surface area contributed by atoms with Crippen LogP contribution in [0.1, 0.15) is 59.1 Å². The van der Waals surface area contributed by atoms with E-state index in [9.17, 15) is 4.79 Å². The zero-order chi connectivity index (χ0) is 14.9. The van der Waals surface area contributed by atoms with Gasteiger partial charge in [0.1, 0.15) is 4.88 Å². The Balaban J connectivity index is 2.61. The smallest absolute Gasteiger partial charge is 0.260 e. The lowest BCUT2D eigenvalue weighted by Gasteiger charge is -2.22. The van der Waals surface area contributed by atoms with Gasteiger partial charge in [0.15, 0.2) is 0 Å². The third-order valence-corrected chi connectivity index (χ3v) is 5.10. The standard InChI is InChI=1S/C16H22N2OS/c1-4-9(2)11-7-5-6-8-12(11)13-10(3)20-15(14(13)17)16(18)19/h2,4-8,17H2,1,3H3,(H2,18,19). The molecule has 1 heterocycles. The molecule has 0 aromatic carbocycles. The monoisotopic (exact) mass is 290 g/mol. The number of hydrogen-bond acceptors (Lipinski definition) is 3. The first-order valence-electron chi connectivity index (χ1n) is 7.06. The van der Waals surface area contributed by atoms with Gasteiger partial charge in [0, 0.05) is 10.4 Å². The van der Waals surface area contributed by atoms with Gasteiger partial charge in [-0.2, -0.15) is 0 Å². The predicted molar refractivity (Wildman–Crippen MR) is 86.8 cm³/mol. The van der Waals surface area contributed by atoms with E-state index in [1.165, 1.54) is 34.5 Å². The van der Waals surface area contributed by atoms with E-state index in [1.54, 1.807) is 0 Å². The van der Waals surface area contributed by atoms with E-state index in [-0.39, 0.29) is 0 Å². The van der Waals surface area contributed by atoms with Gasteiger partial charge in [0.2, 0.25) is 0 Å². The van der Waals surface area contributed by atoms with Crippen LogP contribution >= 0.6 is 11.3 Å². The topological polar surface area (TPSA) is 69.1 Å². The summed E-state index contributed by atoms with van der Waals surface area (Å²) in [6.07, 6.45) is 5.38. The second-order valence-corrected chi connectivity index (χ2v) is 6.49. The van der Waals surface area contributed by atoms with Gasteiger partial charge < -0.3 is 11.5 Å². The van der Waals surface area contributed by atoms with Gasteiger partial charge >= 0.3 is 0 Å². The fraction of sp³-hybridized carbons (Fsp3) is 0.438. The molecule has 0 fully saturated rings. The second-order valence-electron chi connectivity index (χ2n) is 5.26. The van der Waals surface area contributed by atoms with Gasteiger partial charge in [0.05, 0.1) is 5.69 Å². The summed E-state index contributed by atoms with van der Waals surface area (Å²) < 4.78 is 0. The first kappa shape index (κ1) is 14.9. The van der Waals surface area contributed by atoms with Gasteiger partial charge in [-0.05, 0) is 50.2 Å². The lowest BCUT2D eigenvalue weighted by atomic mass is 9.83. The minimum Gasteiger partial charge on any atom is -0.397 e. The van der Waals surface area contributed by atoms with Gasteiger partial charge in [-0.1, -0.05) is 19.1 Å². The number of allylic oxidation sites excluding steroid dienone is 3. The van der Waals surface area contributed by atoms with Crippen LogP contribution in [0.25, 0.3) is 5.57 Å². The third kappa shape index (κ3) is 2.52. The van der Waals surface area contributed by atoms with Crippen LogP contribution in [0.15, 0.2) is 17.7 Å². The second kappa shape index (κ2) is 5.83. The van der Waals surface area contributed by atoms with Crippen molar-refractivity contribution in [2.75, 3.05) is 5.73 Å². The minimum absolute atomic E-state index is 0.436. The zero-order valence-electron chi connectivity index (χ0n) is 12.2. The van der Waals surface area contributed by atoms with E-state index in [0.717, 1.165) is 36.1 Å². The van der Waals surface area contributed by atoms with Crippen molar-refractivity contribution in [3.05, 3.63) is 33.0 Å². The molecule has 4 heteroatoms. The van der Waals surface area contributed by atoms with Crippen molar-refractivity contribution in [1.29, 1.82) is 0 Å². The Morgan fingerprint density at radius 1 is 1.35 bits per heavy atom. The Hall–Kier alpha value is -1.55. The summed E-state index contributed by atoms with van der Waals surface area (Å²) in [6.45, 7) is 8.32. The molecule has 4 N–H and O–H groups in total. The van der Waals surface area contributed by atoms with Crippen molar-refractivity contribution < 1.29 is 4.79 Å². The lowest BCUT2D eigenvalue weighted by Crippen LogP contribution is -2.11. The normalized spacial score (nSPS) is 15.5. The van der Waals surface area contributed by atoms with E-state index >= 15 is 0 Å². The number of hydrogen-bond donors (Lipinski definition) is 2. The maximum Gasteiger partial charge on any atom is 0.260 e. The number of carbonyl (C=O) groups excluding carboxylic acids is 1. The van der Waals surface area contributed by atoms with Crippen molar-refractivity contribution in [3.63, 3.8) is 0 Å². The Kier molecular flexibility index (Phi) is 4.33. The molecule has 3 nitrogen and oxygen atoms in total. The largest absolute Gasteiger partial charge is 0.397 e. The average molecular weight is 290 g/mol. The summed E-state index contributed by atoms with van der Waals surface area (Å²) in [5, 5.41) is 0. The first-order chi connectivity index (χ1) is 9.47. The maximum absolute atomic E-state index is 11.5. The average Bonchev–Trinajstić information content (AvgIpc) is 2.73. The van der Waals surface area contributed by atoms with Crippen LogP contribution in [0.2, 0.25) is 0 Å². The molecule has 0 spiro atoms. The van der Waals surface area contributed by atoms with Crippen LogP contribution in [-0.2, 0) is 0 Å². The van der Waals surface area contributed by atoms with E-state index in [0.29, 0.717) is 10.6 Å². The molecule has 0 unspecified atom stereocenters. The molecule has 2 rings (SSSR count). The Morgan fingerprint density at radius 2 is 2.00 bits per heavy atom. The van der Waals surface area contributed by atoms with Crippen LogP contribution in [0.3, 0.4) is 0 Å². The van der Waals surface area contributed by atoms with Gasteiger partial charge in [-0.15, -0.1) is 11.3 Å². The molecule has 0 radical (unpaired) electrons. The lowest BCUT2D eigenvalue weighted by molar-refractivity contribution is 0.100. The highest BCUT2D eigenvalue weighted by Crippen LogP contribution is 2.43. The van der Waals surface area contributed by atoms with Crippen LogP contribution < -0.4 is 11.5 Å². The number of primary amides is 1. The number of nitrogens with two attached hydrogens (primary N) is 2. The molecule has 1 aromatic rings. The quantitative estimate of drug-likeness (QED) is 0.879. The fourth-order valence-corrected chi connectivity index (χ4v) is 3.86. The number of aryl methyl sites for hydroxylation is 1. The molecule has 0 bridgehead atoms. The molecule has 20 heavy (non-hydrogen) atoms.